The van der Waals surface area contributed by atoms with Crippen LogP contribution in [-0.2, 0) is 4.79 Å². The zero-order valence-electron chi connectivity index (χ0n) is 14.7. The van der Waals surface area contributed by atoms with E-state index in [1.54, 1.807) is 54.0 Å². The molecule has 4 rings (SSSR count). The van der Waals surface area contributed by atoms with E-state index in [0.717, 1.165) is 0 Å². The van der Waals surface area contributed by atoms with Crippen LogP contribution in [0.3, 0.4) is 0 Å². The van der Waals surface area contributed by atoms with Crippen molar-refractivity contribution in [3.63, 3.8) is 0 Å². The molecule has 8 heteroatoms. The van der Waals surface area contributed by atoms with Gasteiger partial charge in [-0.05, 0) is 37.6 Å². The average Bonchev–Trinajstić information content (AvgIpc) is 3.13. The summed E-state index contributed by atoms with van der Waals surface area (Å²) in [4.78, 5) is 42.2. The van der Waals surface area contributed by atoms with Crippen LogP contribution in [-0.4, -0.2) is 43.8 Å². The quantitative estimate of drug-likeness (QED) is 0.700. The van der Waals surface area contributed by atoms with E-state index in [4.69, 9.17) is 0 Å². The van der Waals surface area contributed by atoms with E-state index in [0.29, 0.717) is 34.7 Å². The van der Waals surface area contributed by atoms with Gasteiger partial charge in [-0.25, -0.2) is 9.50 Å². The number of anilines is 1. The van der Waals surface area contributed by atoms with Crippen LogP contribution in [0.15, 0.2) is 42.6 Å². The molecule has 0 aliphatic carbocycles. The Morgan fingerprint density at radius 1 is 1.07 bits per heavy atom. The number of fused-ring (bicyclic) bond motifs is 2. The zero-order valence-corrected chi connectivity index (χ0v) is 14.7. The highest BCUT2D eigenvalue weighted by Crippen LogP contribution is 2.22. The van der Waals surface area contributed by atoms with Gasteiger partial charge < -0.3 is 5.32 Å². The third kappa shape index (κ3) is 3.17. The first kappa shape index (κ1) is 16.9. The average molecular weight is 363 g/mol. The second-order valence-corrected chi connectivity index (χ2v) is 6.34. The van der Waals surface area contributed by atoms with Crippen molar-refractivity contribution in [2.45, 2.75) is 19.8 Å². The van der Waals surface area contributed by atoms with Crippen molar-refractivity contribution < 1.29 is 14.4 Å². The summed E-state index contributed by atoms with van der Waals surface area (Å²) in [6.45, 7) is 2.01. The largest absolute Gasteiger partial charge is 0.325 e. The van der Waals surface area contributed by atoms with E-state index in [1.807, 2.05) is 0 Å². The number of aryl methyl sites for hydroxylation is 1. The number of hydrogen-bond acceptors (Lipinski definition) is 5. The number of carbonyl (C=O) groups is 3. The van der Waals surface area contributed by atoms with Crippen molar-refractivity contribution >= 4 is 29.1 Å². The van der Waals surface area contributed by atoms with Gasteiger partial charge in [-0.2, -0.15) is 5.10 Å². The highest BCUT2D eigenvalue weighted by atomic mass is 16.2. The molecule has 136 valence electrons. The molecule has 0 saturated heterocycles. The van der Waals surface area contributed by atoms with Crippen molar-refractivity contribution in [1.29, 1.82) is 0 Å². The summed E-state index contributed by atoms with van der Waals surface area (Å²) >= 11 is 0. The molecule has 0 atom stereocenters. The summed E-state index contributed by atoms with van der Waals surface area (Å²) < 4.78 is 1.60. The molecule has 0 fully saturated rings. The lowest BCUT2D eigenvalue weighted by atomic mass is 10.1. The molecule has 0 unspecified atom stereocenters. The molecule has 1 N–H and O–H groups in total. The van der Waals surface area contributed by atoms with Crippen LogP contribution < -0.4 is 5.32 Å². The summed E-state index contributed by atoms with van der Waals surface area (Å²) in [5.74, 6) is -0.145. The topological polar surface area (TPSA) is 96.7 Å². The zero-order chi connectivity index (χ0) is 19.0. The normalized spacial score (nSPS) is 13.3. The molecule has 3 amide bonds. The van der Waals surface area contributed by atoms with Crippen LogP contribution in [0.1, 0.15) is 39.4 Å². The molecule has 0 spiro atoms. The van der Waals surface area contributed by atoms with Crippen LogP contribution >= 0.6 is 0 Å². The van der Waals surface area contributed by atoms with E-state index in [-0.39, 0.29) is 30.7 Å². The predicted octanol–water partition coefficient (Wildman–Crippen LogP) is 2.05. The number of aromatic nitrogens is 3. The number of nitrogens with one attached hydrogen (secondary N) is 1. The fraction of sp³-hybridized carbons (Fsp3) is 0.211. The maximum Gasteiger partial charge on any atom is 0.261 e. The number of rotatable bonds is 5. The van der Waals surface area contributed by atoms with Gasteiger partial charge in [0.15, 0.2) is 5.65 Å². The van der Waals surface area contributed by atoms with Crippen LogP contribution in [0, 0.1) is 6.92 Å². The Morgan fingerprint density at radius 2 is 1.78 bits per heavy atom. The smallest absolute Gasteiger partial charge is 0.261 e. The maximum atomic E-state index is 12.3. The monoisotopic (exact) mass is 363 g/mol. The number of benzene rings is 1. The SMILES string of the molecule is Cc1nc2ccc(NC(=O)CCCN3C(=O)c4ccccc4C3=O)cn2n1. The molecule has 27 heavy (non-hydrogen) atoms. The molecule has 0 bridgehead atoms. The van der Waals surface area contributed by atoms with Gasteiger partial charge >= 0.3 is 0 Å². The first-order valence-corrected chi connectivity index (χ1v) is 8.61. The summed E-state index contributed by atoms with van der Waals surface area (Å²) in [5.41, 5.74) is 2.15. The van der Waals surface area contributed by atoms with E-state index >= 15 is 0 Å². The molecule has 0 radical (unpaired) electrons. The summed E-state index contributed by atoms with van der Waals surface area (Å²) in [7, 11) is 0. The lowest BCUT2D eigenvalue weighted by molar-refractivity contribution is -0.116. The van der Waals surface area contributed by atoms with Gasteiger partial charge in [-0.3, -0.25) is 19.3 Å². The summed E-state index contributed by atoms with van der Waals surface area (Å²) in [6, 6.07) is 10.3. The van der Waals surface area contributed by atoms with E-state index < -0.39 is 0 Å². The molecule has 1 aromatic carbocycles. The second-order valence-electron chi connectivity index (χ2n) is 6.34. The Morgan fingerprint density at radius 3 is 2.48 bits per heavy atom. The fourth-order valence-corrected chi connectivity index (χ4v) is 3.13. The first-order chi connectivity index (χ1) is 13.0. The van der Waals surface area contributed by atoms with Crippen molar-refractivity contribution in [3.8, 4) is 0 Å². The Hall–Kier alpha value is -3.55. The molecule has 0 saturated carbocycles. The predicted molar refractivity (Wildman–Crippen MR) is 97.4 cm³/mol. The minimum atomic E-state index is -0.303. The Kier molecular flexibility index (Phi) is 4.15. The molecule has 3 heterocycles. The Bertz CT molecular complexity index is 1040. The fourth-order valence-electron chi connectivity index (χ4n) is 3.13. The molecule has 1 aliphatic rings. The molecule has 8 nitrogen and oxygen atoms in total. The Balaban J connectivity index is 1.33. The number of imide groups is 1. The Labute approximate surface area is 154 Å². The van der Waals surface area contributed by atoms with Gasteiger partial charge in [0.25, 0.3) is 11.8 Å². The highest BCUT2D eigenvalue weighted by Gasteiger charge is 2.34. The van der Waals surface area contributed by atoms with Crippen LogP contribution in [0.5, 0.6) is 0 Å². The summed E-state index contributed by atoms with van der Waals surface area (Å²) in [5, 5.41) is 7.00. The van der Waals surface area contributed by atoms with E-state index in [2.05, 4.69) is 15.4 Å². The molecular formula is C19H17N5O3. The van der Waals surface area contributed by atoms with Gasteiger partial charge in [0.05, 0.1) is 23.0 Å². The lowest BCUT2D eigenvalue weighted by Crippen LogP contribution is -2.31. The first-order valence-electron chi connectivity index (χ1n) is 8.61. The van der Waals surface area contributed by atoms with Crippen molar-refractivity contribution in [2.75, 3.05) is 11.9 Å². The van der Waals surface area contributed by atoms with Gasteiger partial charge in [0.1, 0.15) is 5.82 Å². The third-order valence-electron chi connectivity index (χ3n) is 4.38. The maximum absolute atomic E-state index is 12.3. The number of pyridine rings is 1. The van der Waals surface area contributed by atoms with Crippen molar-refractivity contribution in [1.82, 2.24) is 19.5 Å². The molecule has 2 aromatic heterocycles. The number of nitrogens with zero attached hydrogens (tertiary/aromatic N) is 4. The van der Waals surface area contributed by atoms with Crippen molar-refractivity contribution in [3.05, 3.63) is 59.5 Å². The second kappa shape index (κ2) is 6.64. The summed E-state index contributed by atoms with van der Waals surface area (Å²) in [6.07, 6.45) is 2.28. The minimum Gasteiger partial charge on any atom is -0.325 e. The standard InChI is InChI=1S/C19H17N5O3/c1-12-20-16-9-8-13(11-24(16)22-12)21-17(25)7-4-10-23-18(26)14-5-2-3-6-15(14)19(23)27/h2-3,5-6,8-9,11H,4,7,10H2,1H3,(H,21,25). The molecular weight excluding hydrogens is 346 g/mol. The number of amides is 3. The minimum absolute atomic E-state index is 0.192. The van der Waals surface area contributed by atoms with Gasteiger partial charge in [-0.15, -0.1) is 0 Å². The van der Waals surface area contributed by atoms with Crippen LogP contribution in [0.25, 0.3) is 5.65 Å². The van der Waals surface area contributed by atoms with E-state index in [1.165, 1.54) is 4.90 Å². The van der Waals surface area contributed by atoms with Gasteiger partial charge in [0.2, 0.25) is 5.91 Å². The lowest BCUT2D eigenvalue weighted by Gasteiger charge is -2.13. The number of carbonyl (C=O) groups excluding carboxylic acids is 3. The van der Waals surface area contributed by atoms with Crippen LogP contribution in [0.4, 0.5) is 5.69 Å². The number of hydrogen-bond donors (Lipinski definition) is 1. The third-order valence-corrected chi connectivity index (χ3v) is 4.38. The van der Waals surface area contributed by atoms with Gasteiger partial charge in [-0.1, -0.05) is 12.1 Å². The van der Waals surface area contributed by atoms with Gasteiger partial charge in [0, 0.05) is 13.0 Å². The van der Waals surface area contributed by atoms with E-state index in [9.17, 15) is 14.4 Å². The molecule has 1 aliphatic heterocycles. The molecule has 3 aromatic rings. The van der Waals surface area contributed by atoms with Crippen molar-refractivity contribution in [2.24, 2.45) is 0 Å². The van der Waals surface area contributed by atoms with Crippen LogP contribution in [0.2, 0.25) is 0 Å². The highest BCUT2D eigenvalue weighted by molar-refractivity contribution is 6.21.